The Kier molecular flexibility index (Phi) is 4.33. The van der Waals surface area contributed by atoms with Crippen LogP contribution in [0.25, 0.3) is 0 Å². The standard InChI is InChI=1S/C13H19N3/c1-13(2,10-15)11-4-6-12(7-5-11)16-9-3-8-14/h4-7,16H,3,8-9,14H2,1-2H3. The van der Waals surface area contributed by atoms with Crippen LogP contribution in [0, 0.1) is 11.3 Å². The number of anilines is 1. The summed E-state index contributed by atoms with van der Waals surface area (Å²) in [4.78, 5) is 0. The molecule has 1 rings (SSSR count). The van der Waals surface area contributed by atoms with Crippen LogP contribution in [0.4, 0.5) is 5.69 Å². The zero-order valence-corrected chi connectivity index (χ0v) is 9.96. The average molecular weight is 217 g/mol. The van der Waals surface area contributed by atoms with E-state index in [9.17, 15) is 0 Å². The minimum atomic E-state index is -0.421. The topological polar surface area (TPSA) is 61.8 Å². The van der Waals surface area contributed by atoms with Gasteiger partial charge in [0.05, 0.1) is 11.5 Å². The lowest BCUT2D eigenvalue weighted by atomic mass is 9.86. The molecular formula is C13H19N3. The van der Waals surface area contributed by atoms with Crippen molar-refractivity contribution < 1.29 is 0 Å². The fourth-order valence-electron chi connectivity index (χ4n) is 1.40. The molecular weight excluding hydrogens is 198 g/mol. The number of hydrogen-bond donors (Lipinski definition) is 2. The molecule has 0 saturated carbocycles. The van der Waals surface area contributed by atoms with Gasteiger partial charge in [-0.3, -0.25) is 0 Å². The highest BCUT2D eigenvalue weighted by molar-refractivity contribution is 5.46. The molecule has 1 aromatic carbocycles. The van der Waals surface area contributed by atoms with Crippen LogP contribution < -0.4 is 11.1 Å². The van der Waals surface area contributed by atoms with Crippen molar-refractivity contribution in [2.24, 2.45) is 5.73 Å². The van der Waals surface area contributed by atoms with Crippen molar-refractivity contribution in [2.75, 3.05) is 18.4 Å². The van der Waals surface area contributed by atoms with Gasteiger partial charge in [0.25, 0.3) is 0 Å². The van der Waals surface area contributed by atoms with Gasteiger partial charge in [-0.05, 0) is 44.5 Å². The largest absolute Gasteiger partial charge is 0.385 e. The summed E-state index contributed by atoms with van der Waals surface area (Å²) in [5.74, 6) is 0. The first-order valence-corrected chi connectivity index (χ1v) is 5.56. The lowest BCUT2D eigenvalue weighted by Gasteiger charge is -2.16. The van der Waals surface area contributed by atoms with Crippen molar-refractivity contribution in [3.63, 3.8) is 0 Å². The molecule has 0 aliphatic heterocycles. The molecule has 0 atom stereocenters. The van der Waals surface area contributed by atoms with Crippen LogP contribution in [-0.4, -0.2) is 13.1 Å². The van der Waals surface area contributed by atoms with E-state index in [1.807, 2.05) is 38.1 Å². The van der Waals surface area contributed by atoms with Gasteiger partial charge in [0.1, 0.15) is 0 Å². The van der Waals surface area contributed by atoms with Gasteiger partial charge in [-0.25, -0.2) is 0 Å². The molecule has 3 nitrogen and oxygen atoms in total. The van der Waals surface area contributed by atoms with Gasteiger partial charge in [0.15, 0.2) is 0 Å². The number of hydrogen-bond acceptors (Lipinski definition) is 3. The molecule has 3 heteroatoms. The predicted octanol–water partition coefficient (Wildman–Crippen LogP) is 2.25. The van der Waals surface area contributed by atoms with Crippen molar-refractivity contribution in [1.82, 2.24) is 0 Å². The van der Waals surface area contributed by atoms with Crippen LogP contribution in [-0.2, 0) is 5.41 Å². The van der Waals surface area contributed by atoms with Crippen molar-refractivity contribution in [3.8, 4) is 6.07 Å². The van der Waals surface area contributed by atoms with Gasteiger partial charge in [-0.2, -0.15) is 5.26 Å². The molecule has 16 heavy (non-hydrogen) atoms. The molecule has 0 bridgehead atoms. The molecule has 0 unspecified atom stereocenters. The van der Waals surface area contributed by atoms with Crippen LogP contribution in [0.15, 0.2) is 24.3 Å². The maximum Gasteiger partial charge on any atom is 0.0766 e. The van der Waals surface area contributed by atoms with Crippen LogP contribution in [0.2, 0.25) is 0 Å². The Bertz CT molecular complexity index is 360. The number of nitrogens with one attached hydrogen (secondary N) is 1. The predicted molar refractivity (Wildman–Crippen MR) is 67.2 cm³/mol. The molecule has 0 aliphatic carbocycles. The molecule has 0 spiro atoms. The van der Waals surface area contributed by atoms with Crippen LogP contribution in [0.5, 0.6) is 0 Å². The second kappa shape index (κ2) is 5.53. The highest BCUT2D eigenvalue weighted by Gasteiger charge is 2.18. The summed E-state index contributed by atoms with van der Waals surface area (Å²) < 4.78 is 0. The first-order valence-electron chi connectivity index (χ1n) is 5.56. The number of nitrogens with zero attached hydrogens (tertiary/aromatic N) is 1. The third-order valence-corrected chi connectivity index (χ3v) is 2.60. The highest BCUT2D eigenvalue weighted by Crippen LogP contribution is 2.23. The fraction of sp³-hybridized carbons (Fsp3) is 0.462. The smallest absolute Gasteiger partial charge is 0.0766 e. The normalized spacial score (nSPS) is 10.9. The van der Waals surface area contributed by atoms with E-state index in [4.69, 9.17) is 11.0 Å². The number of nitriles is 1. The summed E-state index contributed by atoms with van der Waals surface area (Å²) in [6.07, 6.45) is 0.964. The molecule has 0 aliphatic rings. The Hall–Kier alpha value is -1.53. The minimum Gasteiger partial charge on any atom is -0.385 e. The second-order valence-corrected chi connectivity index (χ2v) is 4.38. The Morgan fingerprint density at radius 3 is 2.44 bits per heavy atom. The van der Waals surface area contributed by atoms with E-state index in [0.717, 1.165) is 24.2 Å². The maximum atomic E-state index is 9.01. The summed E-state index contributed by atoms with van der Waals surface area (Å²) >= 11 is 0. The van der Waals surface area contributed by atoms with Crippen LogP contribution in [0.1, 0.15) is 25.8 Å². The van der Waals surface area contributed by atoms with Crippen LogP contribution in [0.3, 0.4) is 0 Å². The molecule has 0 heterocycles. The lowest BCUT2D eigenvalue weighted by molar-refractivity contribution is 0.687. The van der Waals surface area contributed by atoms with Gasteiger partial charge in [0, 0.05) is 12.2 Å². The zero-order chi connectivity index (χ0) is 12.0. The van der Waals surface area contributed by atoms with Crippen molar-refractivity contribution in [1.29, 1.82) is 5.26 Å². The van der Waals surface area contributed by atoms with E-state index >= 15 is 0 Å². The zero-order valence-electron chi connectivity index (χ0n) is 9.96. The van der Waals surface area contributed by atoms with E-state index in [1.165, 1.54) is 0 Å². The van der Waals surface area contributed by atoms with Crippen molar-refractivity contribution in [3.05, 3.63) is 29.8 Å². The summed E-state index contributed by atoms with van der Waals surface area (Å²) in [5, 5.41) is 12.3. The van der Waals surface area contributed by atoms with E-state index in [-0.39, 0.29) is 0 Å². The highest BCUT2D eigenvalue weighted by atomic mass is 14.9. The second-order valence-electron chi connectivity index (χ2n) is 4.38. The van der Waals surface area contributed by atoms with Crippen molar-refractivity contribution >= 4 is 5.69 Å². The third kappa shape index (κ3) is 3.25. The number of benzene rings is 1. The van der Waals surface area contributed by atoms with Gasteiger partial charge >= 0.3 is 0 Å². The first kappa shape index (κ1) is 12.5. The Morgan fingerprint density at radius 1 is 1.31 bits per heavy atom. The average Bonchev–Trinajstić information content (AvgIpc) is 2.30. The van der Waals surface area contributed by atoms with E-state index in [2.05, 4.69) is 11.4 Å². The molecule has 0 saturated heterocycles. The molecule has 86 valence electrons. The number of rotatable bonds is 5. The van der Waals surface area contributed by atoms with E-state index < -0.39 is 5.41 Å². The van der Waals surface area contributed by atoms with Crippen LogP contribution >= 0.6 is 0 Å². The maximum absolute atomic E-state index is 9.01. The molecule has 0 fully saturated rings. The van der Waals surface area contributed by atoms with Gasteiger partial charge in [-0.15, -0.1) is 0 Å². The van der Waals surface area contributed by atoms with Gasteiger partial charge < -0.3 is 11.1 Å². The third-order valence-electron chi connectivity index (χ3n) is 2.60. The van der Waals surface area contributed by atoms with Gasteiger partial charge in [-0.1, -0.05) is 12.1 Å². The summed E-state index contributed by atoms with van der Waals surface area (Å²) in [5.41, 5.74) is 7.11. The Morgan fingerprint density at radius 2 is 1.94 bits per heavy atom. The Balaban J connectivity index is 2.65. The first-order chi connectivity index (χ1) is 7.60. The molecule has 0 amide bonds. The lowest BCUT2D eigenvalue weighted by Crippen LogP contribution is -2.14. The Labute approximate surface area is 97.3 Å². The molecule has 0 radical (unpaired) electrons. The summed E-state index contributed by atoms with van der Waals surface area (Å²) in [7, 11) is 0. The van der Waals surface area contributed by atoms with Crippen molar-refractivity contribution in [2.45, 2.75) is 25.7 Å². The minimum absolute atomic E-state index is 0.421. The SMILES string of the molecule is CC(C)(C#N)c1ccc(NCCCN)cc1. The number of nitrogens with two attached hydrogens (primary N) is 1. The monoisotopic (exact) mass is 217 g/mol. The summed E-state index contributed by atoms with van der Waals surface area (Å²) in [6.45, 7) is 5.43. The van der Waals surface area contributed by atoms with E-state index in [1.54, 1.807) is 0 Å². The quantitative estimate of drug-likeness (QED) is 0.744. The van der Waals surface area contributed by atoms with E-state index in [0.29, 0.717) is 6.54 Å². The molecule has 3 N–H and O–H groups in total. The molecule has 1 aromatic rings. The molecule has 0 aromatic heterocycles. The summed E-state index contributed by atoms with van der Waals surface area (Å²) in [6, 6.07) is 10.3. The van der Waals surface area contributed by atoms with Gasteiger partial charge in [0.2, 0.25) is 0 Å². The fourth-order valence-corrected chi connectivity index (χ4v) is 1.40.